The molecule has 0 atom stereocenters. The molecular formula is C36H38N2O6. The number of ether oxygens (including phenoxy) is 2. The lowest BCUT2D eigenvalue weighted by atomic mass is 9.94. The van der Waals surface area contributed by atoms with Crippen molar-refractivity contribution in [1.29, 1.82) is 0 Å². The zero-order valence-corrected chi connectivity index (χ0v) is 25.3. The fourth-order valence-corrected chi connectivity index (χ4v) is 5.02. The standard InChI is InChI=1S/C36H38N2O6/c1-4-44-32-18-17-26(23-33(32)43-3)19-21-38(22-20-34(39)40)36(42)31-16-10-8-14-29(31)28-13-7-9-15-30(28)35(41)37-24-27-12-6-5-11-25(27)2/h5-18,23H,4,19-22,24H2,1-3H3,(H,37,41)(H,39,40). The smallest absolute Gasteiger partial charge is 0.305 e. The Morgan fingerprint density at radius 3 is 2.16 bits per heavy atom. The van der Waals surface area contributed by atoms with Gasteiger partial charge in [0.25, 0.3) is 11.8 Å². The van der Waals surface area contributed by atoms with Gasteiger partial charge in [-0.1, -0.05) is 66.7 Å². The van der Waals surface area contributed by atoms with Crippen molar-refractivity contribution in [2.45, 2.75) is 33.2 Å². The van der Waals surface area contributed by atoms with Crippen LogP contribution in [-0.2, 0) is 17.8 Å². The molecule has 4 aromatic rings. The molecule has 228 valence electrons. The highest BCUT2D eigenvalue weighted by Gasteiger charge is 2.23. The summed E-state index contributed by atoms with van der Waals surface area (Å²) in [6.07, 6.45) is 0.284. The van der Waals surface area contributed by atoms with Crippen LogP contribution in [0.25, 0.3) is 11.1 Å². The summed E-state index contributed by atoms with van der Waals surface area (Å²) in [4.78, 5) is 40.5. The number of aliphatic carboxylic acids is 1. The van der Waals surface area contributed by atoms with E-state index in [2.05, 4.69) is 5.32 Å². The van der Waals surface area contributed by atoms with E-state index in [1.165, 1.54) is 0 Å². The Hall–Kier alpha value is -5.11. The fraction of sp³-hybridized carbons (Fsp3) is 0.250. The van der Waals surface area contributed by atoms with Crippen molar-refractivity contribution < 1.29 is 29.0 Å². The summed E-state index contributed by atoms with van der Waals surface area (Å²) < 4.78 is 11.1. The van der Waals surface area contributed by atoms with Gasteiger partial charge in [0.15, 0.2) is 11.5 Å². The second-order valence-corrected chi connectivity index (χ2v) is 10.3. The molecule has 0 unspecified atom stereocenters. The maximum atomic E-state index is 14.1. The van der Waals surface area contributed by atoms with Gasteiger partial charge in [-0.3, -0.25) is 14.4 Å². The summed E-state index contributed by atoms with van der Waals surface area (Å²) in [7, 11) is 1.57. The van der Waals surface area contributed by atoms with Gasteiger partial charge in [0.2, 0.25) is 0 Å². The molecule has 0 aliphatic rings. The molecule has 0 aromatic heterocycles. The zero-order valence-electron chi connectivity index (χ0n) is 25.3. The van der Waals surface area contributed by atoms with E-state index >= 15 is 0 Å². The Balaban J connectivity index is 1.60. The quantitative estimate of drug-likeness (QED) is 0.181. The van der Waals surface area contributed by atoms with Crippen LogP contribution >= 0.6 is 0 Å². The van der Waals surface area contributed by atoms with Gasteiger partial charge < -0.3 is 24.8 Å². The van der Waals surface area contributed by atoms with Crippen molar-refractivity contribution in [3.05, 3.63) is 119 Å². The first-order chi connectivity index (χ1) is 21.3. The van der Waals surface area contributed by atoms with E-state index in [0.29, 0.717) is 53.3 Å². The molecule has 0 fully saturated rings. The van der Waals surface area contributed by atoms with E-state index in [1.807, 2.05) is 80.6 Å². The lowest BCUT2D eigenvalue weighted by Gasteiger charge is -2.24. The predicted molar refractivity (Wildman–Crippen MR) is 170 cm³/mol. The maximum Gasteiger partial charge on any atom is 0.305 e. The number of hydrogen-bond donors (Lipinski definition) is 2. The van der Waals surface area contributed by atoms with Gasteiger partial charge in [0, 0.05) is 30.8 Å². The largest absolute Gasteiger partial charge is 0.493 e. The van der Waals surface area contributed by atoms with Crippen molar-refractivity contribution >= 4 is 17.8 Å². The number of carboxylic acid groups (broad SMARTS) is 1. The maximum absolute atomic E-state index is 14.1. The molecule has 2 N–H and O–H groups in total. The van der Waals surface area contributed by atoms with E-state index < -0.39 is 5.97 Å². The number of aryl methyl sites for hydroxylation is 1. The Kier molecular flexibility index (Phi) is 11.1. The number of nitrogens with zero attached hydrogens (tertiary/aromatic N) is 1. The third-order valence-corrected chi connectivity index (χ3v) is 7.40. The highest BCUT2D eigenvalue weighted by Crippen LogP contribution is 2.30. The molecule has 44 heavy (non-hydrogen) atoms. The van der Waals surface area contributed by atoms with Gasteiger partial charge >= 0.3 is 5.97 Å². The van der Waals surface area contributed by atoms with E-state index in [0.717, 1.165) is 16.7 Å². The van der Waals surface area contributed by atoms with Crippen LogP contribution in [0.1, 0.15) is 50.8 Å². The van der Waals surface area contributed by atoms with Crippen LogP contribution in [0.4, 0.5) is 0 Å². The number of methoxy groups -OCH3 is 1. The van der Waals surface area contributed by atoms with Crippen LogP contribution in [0.15, 0.2) is 91.0 Å². The molecule has 0 bridgehead atoms. The zero-order chi connectivity index (χ0) is 31.5. The van der Waals surface area contributed by atoms with Crippen molar-refractivity contribution in [2.24, 2.45) is 0 Å². The molecule has 0 radical (unpaired) electrons. The Bertz CT molecular complexity index is 1620. The minimum absolute atomic E-state index is 0.0369. The van der Waals surface area contributed by atoms with E-state index in [9.17, 15) is 19.5 Å². The molecule has 0 saturated carbocycles. The highest BCUT2D eigenvalue weighted by molar-refractivity contribution is 6.06. The fourth-order valence-electron chi connectivity index (χ4n) is 5.02. The second-order valence-electron chi connectivity index (χ2n) is 10.3. The van der Waals surface area contributed by atoms with Gasteiger partial charge in [-0.25, -0.2) is 0 Å². The third kappa shape index (κ3) is 8.04. The summed E-state index contributed by atoms with van der Waals surface area (Å²) in [6.45, 7) is 5.10. The number of carbonyl (C=O) groups is 3. The number of rotatable bonds is 14. The lowest BCUT2D eigenvalue weighted by molar-refractivity contribution is -0.137. The first-order valence-corrected chi connectivity index (χ1v) is 14.6. The third-order valence-electron chi connectivity index (χ3n) is 7.40. The molecule has 4 rings (SSSR count). The highest BCUT2D eigenvalue weighted by atomic mass is 16.5. The minimum atomic E-state index is -0.991. The monoisotopic (exact) mass is 594 g/mol. The van der Waals surface area contributed by atoms with Crippen LogP contribution in [0, 0.1) is 6.92 Å². The van der Waals surface area contributed by atoms with E-state index in [-0.39, 0.29) is 31.3 Å². The topological polar surface area (TPSA) is 105 Å². The number of carbonyl (C=O) groups excluding carboxylic acids is 2. The first-order valence-electron chi connectivity index (χ1n) is 14.6. The van der Waals surface area contributed by atoms with Gasteiger partial charge in [-0.15, -0.1) is 0 Å². The Morgan fingerprint density at radius 2 is 1.48 bits per heavy atom. The normalized spacial score (nSPS) is 10.6. The summed E-state index contributed by atoms with van der Waals surface area (Å²) in [5, 5.41) is 12.4. The van der Waals surface area contributed by atoms with Crippen molar-refractivity contribution in [2.75, 3.05) is 26.8 Å². The minimum Gasteiger partial charge on any atom is -0.493 e. The summed E-state index contributed by atoms with van der Waals surface area (Å²) >= 11 is 0. The molecule has 0 saturated heterocycles. The Morgan fingerprint density at radius 1 is 0.818 bits per heavy atom. The second kappa shape index (κ2) is 15.4. The van der Waals surface area contributed by atoms with Crippen molar-refractivity contribution in [3.8, 4) is 22.6 Å². The number of amides is 2. The van der Waals surface area contributed by atoms with Crippen LogP contribution in [0.5, 0.6) is 11.5 Å². The molecule has 8 nitrogen and oxygen atoms in total. The van der Waals surface area contributed by atoms with E-state index in [1.54, 1.807) is 36.3 Å². The lowest BCUT2D eigenvalue weighted by Crippen LogP contribution is -2.35. The van der Waals surface area contributed by atoms with Gasteiger partial charge in [0.1, 0.15) is 0 Å². The number of benzene rings is 4. The van der Waals surface area contributed by atoms with E-state index in [4.69, 9.17) is 9.47 Å². The summed E-state index contributed by atoms with van der Waals surface area (Å²) in [5.74, 6) is -0.328. The van der Waals surface area contributed by atoms with Crippen LogP contribution in [0.2, 0.25) is 0 Å². The number of hydrogen-bond acceptors (Lipinski definition) is 5. The first kappa shape index (κ1) is 31.8. The average molecular weight is 595 g/mol. The van der Waals surface area contributed by atoms with Crippen LogP contribution in [0.3, 0.4) is 0 Å². The average Bonchev–Trinajstić information content (AvgIpc) is 3.04. The van der Waals surface area contributed by atoms with Gasteiger partial charge in [-0.2, -0.15) is 0 Å². The molecule has 0 spiro atoms. The molecule has 0 aliphatic carbocycles. The van der Waals surface area contributed by atoms with Crippen molar-refractivity contribution in [3.63, 3.8) is 0 Å². The van der Waals surface area contributed by atoms with Gasteiger partial charge in [0.05, 0.1) is 20.1 Å². The Labute approximate surface area is 258 Å². The van der Waals surface area contributed by atoms with Crippen LogP contribution in [-0.4, -0.2) is 54.6 Å². The van der Waals surface area contributed by atoms with Crippen molar-refractivity contribution in [1.82, 2.24) is 10.2 Å². The van der Waals surface area contributed by atoms with Gasteiger partial charge in [-0.05, 0) is 72.4 Å². The molecule has 8 heteroatoms. The molecule has 2 amide bonds. The molecule has 4 aromatic carbocycles. The van der Waals surface area contributed by atoms with Crippen LogP contribution < -0.4 is 14.8 Å². The number of nitrogens with one attached hydrogen (secondary N) is 1. The summed E-state index contributed by atoms with van der Waals surface area (Å²) in [6, 6.07) is 27.8. The molecular weight excluding hydrogens is 556 g/mol. The molecule has 0 heterocycles. The summed E-state index contributed by atoms with van der Waals surface area (Å²) in [5.41, 5.74) is 5.08. The predicted octanol–water partition coefficient (Wildman–Crippen LogP) is 6.16. The SMILES string of the molecule is CCOc1ccc(CCN(CCC(=O)O)C(=O)c2ccccc2-c2ccccc2C(=O)NCc2ccccc2C)cc1OC. The number of carboxylic acids is 1. The molecule has 0 aliphatic heterocycles.